The Morgan fingerprint density at radius 3 is 2.21 bits per heavy atom. The maximum Gasteiger partial charge on any atom is 0.236 e. The zero-order chi connectivity index (χ0) is 15.4. The van der Waals surface area contributed by atoms with E-state index in [1.165, 1.54) is 5.56 Å². The normalized spacial score (nSPS) is 21.9. The molecule has 0 spiro atoms. The number of nitrogens with two attached hydrogens (primary N) is 1. The van der Waals surface area contributed by atoms with Crippen LogP contribution in [0.25, 0.3) is 0 Å². The molecule has 1 aromatic carbocycles. The Kier molecular flexibility index (Phi) is 9.02. The number of likely N-dealkylation sites (tertiary alicyclic amines) is 1. The number of rotatable bonds is 4. The molecular formula is C17H28Cl2N4O. The molecule has 2 N–H and O–H groups in total. The molecule has 2 aliphatic rings. The molecule has 0 radical (unpaired) electrons. The highest BCUT2D eigenvalue weighted by Gasteiger charge is 2.26. The van der Waals surface area contributed by atoms with Gasteiger partial charge in [0.2, 0.25) is 5.91 Å². The van der Waals surface area contributed by atoms with Crippen LogP contribution in [0.1, 0.15) is 12.0 Å². The van der Waals surface area contributed by atoms with Crippen molar-refractivity contribution in [2.75, 3.05) is 45.8 Å². The molecule has 24 heavy (non-hydrogen) atoms. The van der Waals surface area contributed by atoms with Gasteiger partial charge in [-0.05, 0) is 12.0 Å². The molecule has 1 atom stereocenters. The molecule has 2 heterocycles. The highest BCUT2D eigenvalue weighted by molar-refractivity contribution is 5.85. The largest absolute Gasteiger partial charge is 0.340 e. The first-order valence-corrected chi connectivity index (χ1v) is 8.23. The number of amides is 1. The maximum atomic E-state index is 12.2. The minimum atomic E-state index is 0. The van der Waals surface area contributed by atoms with Gasteiger partial charge in [-0.3, -0.25) is 14.6 Å². The summed E-state index contributed by atoms with van der Waals surface area (Å²) in [5.74, 6) is 0.240. The van der Waals surface area contributed by atoms with Crippen molar-refractivity contribution in [3.8, 4) is 0 Å². The molecule has 7 heteroatoms. The molecule has 1 aromatic rings. The van der Waals surface area contributed by atoms with Gasteiger partial charge in [-0.1, -0.05) is 30.3 Å². The van der Waals surface area contributed by atoms with Crippen molar-refractivity contribution in [2.24, 2.45) is 5.73 Å². The van der Waals surface area contributed by atoms with Crippen LogP contribution in [0.4, 0.5) is 0 Å². The molecule has 2 saturated heterocycles. The molecular weight excluding hydrogens is 347 g/mol. The van der Waals surface area contributed by atoms with Crippen LogP contribution in [-0.4, -0.2) is 72.5 Å². The molecule has 5 nitrogen and oxygen atoms in total. The predicted octanol–water partition coefficient (Wildman–Crippen LogP) is 1.21. The maximum absolute atomic E-state index is 12.2. The van der Waals surface area contributed by atoms with Gasteiger partial charge in [-0.2, -0.15) is 0 Å². The molecule has 0 unspecified atom stereocenters. The number of halogens is 2. The van der Waals surface area contributed by atoms with Crippen LogP contribution >= 0.6 is 24.8 Å². The van der Waals surface area contributed by atoms with Gasteiger partial charge in [-0.25, -0.2) is 0 Å². The summed E-state index contributed by atoms with van der Waals surface area (Å²) in [4.78, 5) is 18.9. The minimum absolute atomic E-state index is 0. The quantitative estimate of drug-likeness (QED) is 0.860. The summed E-state index contributed by atoms with van der Waals surface area (Å²) in [7, 11) is 0. The highest BCUT2D eigenvalue weighted by Crippen LogP contribution is 2.11. The Morgan fingerprint density at radius 2 is 1.62 bits per heavy atom. The van der Waals surface area contributed by atoms with E-state index in [1.807, 2.05) is 4.90 Å². The standard InChI is InChI=1S/C17H26N4O.2ClH/c18-16-6-7-21(13-16)17(22)14-20-10-8-19(9-11-20)12-15-4-2-1-3-5-15;;/h1-5,16H,6-14,18H2;2*1H/t16-;;/m1../s1. The van der Waals surface area contributed by atoms with E-state index >= 15 is 0 Å². The summed E-state index contributed by atoms with van der Waals surface area (Å²) >= 11 is 0. The Morgan fingerprint density at radius 1 is 1.00 bits per heavy atom. The van der Waals surface area contributed by atoms with Crippen molar-refractivity contribution in [1.82, 2.24) is 14.7 Å². The van der Waals surface area contributed by atoms with Crippen LogP contribution in [0.5, 0.6) is 0 Å². The molecule has 2 fully saturated rings. The van der Waals surface area contributed by atoms with Gasteiger partial charge in [0.1, 0.15) is 0 Å². The lowest BCUT2D eigenvalue weighted by atomic mass is 10.2. The zero-order valence-electron chi connectivity index (χ0n) is 14.0. The van der Waals surface area contributed by atoms with Crippen molar-refractivity contribution >= 4 is 30.7 Å². The van der Waals surface area contributed by atoms with Crippen molar-refractivity contribution in [2.45, 2.75) is 19.0 Å². The lowest BCUT2D eigenvalue weighted by molar-refractivity contribution is -0.131. The molecule has 0 bridgehead atoms. The van der Waals surface area contributed by atoms with Crippen molar-refractivity contribution in [3.63, 3.8) is 0 Å². The van der Waals surface area contributed by atoms with Crippen LogP contribution in [0.15, 0.2) is 30.3 Å². The van der Waals surface area contributed by atoms with Gasteiger partial charge in [0.15, 0.2) is 0 Å². The average Bonchev–Trinajstić information content (AvgIpc) is 2.97. The summed E-state index contributed by atoms with van der Waals surface area (Å²) in [5, 5.41) is 0. The monoisotopic (exact) mass is 374 g/mol. The SMILES string of the molecule is Cl.Cl.N[C@@H]1CCN(C(=O)CN2CCN(Cc3ccccc3)CC2)C1. The molecule has 2 aliphatic heterocycles. The summed E-state index contributed by atoms with van der Waals surface area (Å²) in [6, 6.07) is 10.7. The number of hydrogen-bond donors (Lipinski definition) is 1. The van der Waals surface area contributed by atoms with Gasteiger partial charge in [0.05, 0.1) is 6.54 Å². The zero-order valence-corrected chi connectivity index (χ0v) is 15.6. The Labute approximate surface area is 157 Å². The molecule has 136 valence electrons. The molecule has 0 aliphatic carbocycles. The number of nitrogens with zero attached hydrogens (tertiary/aromatic N) is 3. The third kappa shape index (κ3) is 5.90. The second-order valence-electron chi connectivity index (χ2n) is 6.43. The van der Waals surface area contributed by atoms with E-state index in [-0.39, 0.29) is 36.8 Å². The van der Waals surface area contributed by atoms with Crippen LogP contribution < -0.4 is 5.73 Å². The second-order valence-corrected chi connectivity index (χ2v) is 6.43. The molecule has 1 amide bonds. The Bertz CT molecular complexity index is 495. The van der Waals surface area contributed by atoms with Crippen molar-refractivity contribution < 1.29 is 4.79 Å². The van der Waals surface area contributed by atoms with Gasteiger partial charge >= 0.3 is 0 Å². The van der Waals surface area contributed by atoms with Crippen LogP contribution in [0, 0.1) is 0 Å². The second kappa shape index (κ2) is 10.2. The van der Waals surface area contributed by atoms with E-state index in [0.717, 1.165) is 52.2 Å². The van der Waals surface area contributed by atoms with Crippen LogP contribution in [0.2, 0.25) is 0 Å². The van der Waals surface area contributed by atoms with Gasteiger partial charge in [-0.15, -0.1) is 24.8 Å². The molecule has 0 aromatic heterocycles. The topological polar surface area (TPSA) is 52.8 Å². The molecule has 0 saturated carbocycles. The van der Waals surface area contributed by atoms with E-state index in [9.17, 15) is 4.79 Å². The van der Waals surface area contributed by atoms with Crippen molar-refractivity contribution in [3.05, 3.63) is 35.9 Å². The van der Waals surface area contributed by atoms with Gasteiger partial charge in [0.25, 0.3) is 0 Å². The van der Waals surface area contributed by atoms with Gasteiger partial charge < -0.3 is 10.6 Å². The first-order valence-electron chi connectivity index (χ1n) is 8.23. The van der Waals surface area contributed by atoms with E-state index < -0.39 is 0 Å². The van der Waals surface area contributed by atoms with E-state index in [0.29, 0.717) is 6.54 Å². The van der Waals surface area contributed by atoms with Gasteiger partial charge in [0, 0.05) is 51.9 Å². The highest BCUT2D eigenvalue weighted by atomic mass is 35.5. The predicted molar refractivity (Wildman–Crippen MR) is 102 cm³/mol. The fourth-order valence-corrected chi connectivity index (χ4v) is 3.25. The Hall–Kier alpha value is -0.850. The summed E-state index contributed by atoms with van der Waals surface area (Å²) < 4.78 is 0. The first kappa shape index (κ1) is 21.2. The fraction of sp³-hybridized carbons (Fsp3) is 0.588. The number of carbonyl (C=O) groups is 1. The smallest absolute Gasteiger partial charge is 0.236 e. The summed E-state index contributed by atoms with van der Waals surface area (Å²) in [5.41, 5.74) is 7.23. The minimum Gasteiger partial charge on any atom is -0.340 e. The third-order valence-corrected chi connectivity index (χ3v) is 4.65. The lowest BCUT2D eigenvalue weighted by Gasteiger charge is -2.35. The van der Waals surface area contributed by atoms with Crippen molar-refractivity contribution in [1.29, 1.82) is 0 Å². The first-order chi connectivity index (χ1) is 10.7. The van der Waals surface area contributed by atoms with E-state index in [1.54, 1.807) is 0 Å². The fourth-order valence-electron chi connectivity index (χ4n) is 3.25. The number of benzene rings is 1. The van der Waals surface area contributed by atoms with E-state index in [4.69, 9.17) is 5.73 Å². The third-order valence-electron chi connectivity index (χ3n) is 4.65. The summed E-state index contributed by atoms with van der Waals surface area (Å²) in [6.07, 6.45) is 0.941. The number of hydrogen-bond acceptors (Lipinski definition) is 4. The average molecular weight is 375 g/mol. The summed E-state index contributed by atoms with van der Waals surface area (Å²) in [6.45, 7) is 7.11. The molecule has 3 rings (SSSR count). The van der Waals surface area contributed by atoms with Crippen LogP contribution in [0.3, 0.4) is 0 Å². The number of carbonyl (C=O) groups excluding carboxylic acids is 1. The van der Waals surface area contributed by atoms with Crippen LogP contribution in [-0.2, 0) is 11.3 Å². The lowest BCUT2D eigenvalue weighted by Crippen LogP contribution is -2.49. The van der Waals surface area contributed by atoms with E-state index in [2.05, 4.69) is 40.1 Å². The Balaban J connectivity index is 0.00000144. The number of piperazine rings is 1.